The lowest BCUT2D eigenvalue weighted by atomic mass is 9.95. The van der Waals surface area contributed by atoms with E-state index < -0.39 is 0 Å². The smallest absolute Gasteiger partial charge is 0.309 e. The molecule has 2 rings (SSSR count). The molecule has 0 saturated heterocycles. The van der Waals surface area contributed by atoms with Crippen LogP contribution in [0.25, 0.3) is 0 Å². The fourth-order valence-electron chi connectivity index (χ4n) is 2.04. The summed E-state index contributed by atoms with van der Waals surface area (Å²) in [5, 5.41) is 0. The van der Waals surface area contributed by atoms with Crippen molar-refractivity contribution < 1.29 is 9.53 Å². The Morgan fingerprint density at radius 3 is 2.76 bits per heavy atom. The number of ether oxygens (including phenoxy) is 1. The van der Waals surface area contributed by atoms with Crippen molar-refractivity contribution >= 4 is 5.97 Å². The highest BCUT2D eigenvalue weighted by atomic mass is 16.5. The van der Waals surface area contributed by atoms with Crippen molar-refractivity contribution in [3.63, 3.8) is 0 Å². The maximum Gasteiger partial charge on any atom is 0.309 e. The van der Waals surface area contributed by atoms with Gasteiger partial charge in [-0.1, -0.05) is 42.5 Å². The van der Waals surface area contributed by atoms with E-state index in [4.69, 9.17) is 4.74 Å². The number of carbonyl (C=O) groups is 1. The lowest BCUT2D eigenvalue weighted by Gasteiger charge is -2.16. The third-order valence-electron chi connectivity index (χ3n) is 3.08. The fourth-order valence-corrected chi connectivity index (χ4v) is 2.04. The van der Waals surface area contributed by atoms with Crippen LogP contribution in [-0.4, -0.2) is 12.6 Å². The second-order valence-electron chi connectivity index (χ2n) is 4.38. The van der Waals surface area contributed by atoms with Gasteiger partial charge in [-0.2, -0.15) is 0 Å². The lowest BCUT2D eigenvalue weighted by molar-refractivity contribution is -0.148. The molecule has 0 heterocycles. The summed E-state index contributed by atoms with van der Waals surface area (Å²) >= 11 is 0. The van der Waals surface area contributed by atoms with Crippen LogP contribution in [0, 0.1) is 5.92 Å². The van der Waals surface area contributed by atoms with E-state index in [2.05, 4.69) is 24.3 Å². The highest BCUT2D eigenvalue weighted by Crippen LogP contribution is 2.19. The standard InChI is InChI=1S/C15H18O2/c16-15(14-9-5-2-6-10-14)17-12-11-13-7-3-1-4-8-13/h1-5,7-8,14H,6,9-12H2. The van der Waals surface area contributed by atoms with E-state index in [1.54, 1.807) is 0 Å². The van der Waals surface area contributed by atoms with E-state index in [9.17, 15) is 4.79 Å². The van der Waals surface area contributed by atoms with Crippen molar-refractivity contribution in [1.29, 1.82) is 0 Å². The molecule has 1 unspecified atom stereocenters. The molecule has 0 saturated carbocycles. The van der Waals surface area contributed by atoms with Crippen molar-refractivity contribution in [3.05, 3.63) is 48.0 Å². The minimum atomic E-state index is -0.0368. The van der Waals surface area contributed by atoms with Gasteiger partial charge in [-0.3, -0.25) is 4.79 Å². The minimum Gasteiger partial charge on any atom is -0.465 e. The molecule has 17 heavy (non-hydrogen) atoms. The second-order valence-corrected chi connectivity index (χ2v) is 4.38. The molecule has 2 heteroatoms. The summed E-state index contributed by atoms with van der Waals surface area (Å²) in [7, 11) is 0. The molecule has 2 nitrogen and oxygen atoms in total. The maximum absolute atomic E-state index is 11.7. The van der Waals surface area contributed by atoms with Crippen LogP contribution >= 0.6 is 0 Å². The van der Waals surface area contributed by atoms with Crippen molar-refractivity contribution in [3.8, 4) is 0 Å². The Hall–Kier alpha value is -1.57. The number of allylic oxidation sites excluding steroid dienone is 2. The van der Waals surface area contributed by atoms with Crippen molar-refractivity contribution in [2.45, 2.75) is 25.7 Å². The van der Waals surface area contributed by atoms with E-state index in [-0.39, 0.29) is 11.9 Å². The molecule has 0 radical (unpaired) electrons. The molecule has 0 aromatic heterocycles. The molecule has 1 aliphatic carbocycles. The molecule has 0 bridgehead atoms. The Labute approximate surface area is 102 Å². The van der Waals surface area contributed by atoms with Gasteiger partial charge in [0, 0.05) is 6.42 Å². The number of carbonyl (C=O) groups excluding carboxylic acids is 1. The zero-order chi connectivity index (χ0) is 11.9. The van der Waals surface area contributed by atoms with Crippen LogP contribution in [0.4, 0.5) is 0 Å². The molecule has 90 valence electrons. The normalized spacial score (nSPS) is 18.9. The Morgan fingerprint density at radius 2 is 2.06 bits per heavy atom. The summed E-state index contributed by atoms with van der Waals surface area (Å²) in [5.41, 5.74) is 1.21. The van der Waals surface area contributed by atoms with Gasteiger partial charge in [0.15, 0.2) is 0 Å². The van der Waals surface area contributed by atoms with Crippen LogP contribution in [0.3, 0.4) is 0 Å². The molecular weight excluding hydrogens is 212 g/mol. The molecule has 0 amide bonds. The highest BCUT2D eigenvalue weighted by Gasteiger charge is 2.19. The number of esters is 1. The SMILES string of the molecule is O=C(OCCc1ccccc1)C1CC=CCC1. The molecule has 1 aliphatic rings. The molecule has 0 aliphatic heterocycles. The topological polar surface area (TPSA) is 26.3 Å². The Balaban J connectivity index is 1.71. The lowest BCUT2D eigenvalue weighted by Crippen LogP contribution is -2.19. The molecule has 1 aromatic carbocycles. The first-order chi connectivity index (χ1) is 8.36. The molecule has 0 fully saturated rings. The Kier molecular flexibility index (Phi) is 4.37. The quantitative estimate of drug-likeness (QED) is 0.586. The van der Waals surface area contributed by atoms with Gasteiger partial charge >= 0.3 is 5.97 Å². The predicted molar refractivity (Wildman–Crippen MR) is 67.6 cm³/mol. The van der Waals surface area contributed by atoms with Gasteiger partial charge in [-0.15, -0.1) is 0 Å². The van der Waals surface area contributed by atoms with Crippen LogP contribution in [-0.2, 0) is 16.0 Å². The van der Waals surface area contributed by atoms with Crippen molar-refractivity contribution in [2.24, 2.45) is 5.92 Å². The van der Waals surface area contributed by atoms with Gasteiger partial charge in [-0.05, 0) is 24.8 Å². The highest BCUT2D eigenvalue weighted by molar-refractivity contribution is 5.72. The summed E-state index contributed by atoms with van der Waals surface area (Å²) < 4.78 is 5.31. The van der Waals surface area contributed by atoms with Gasteiger partial charge in [0.2, 0.25) is 0 Å². The van der Waals surface area contributed by atoms with Gasteiger partial charge < -0.3 is 4.74 Å². The molecule has 0 spiro atoms. The van der Waals surface area contributed by atoms with Crippen LogP contribution in [0.1, 0.15) is 24.8 Å². The number of rotatable bonds is 4. The van der Waals surface area contributed by atoms with Gasteiger partial charge in [0.25, 0.3) is 0 Å². The summed E-state index contributed by atoms with van der Waals surface area (Å²) in [6.07, 6.45) is 7.78. The van der Waals surface area contributed by atoms with E-state index in [0.29, 0.717) is 6.61 Å². The Bertz CT molecular complexity index is 381. The first-order valence-corrected chi connectivity index (χ1v) is 6.22. The molecule has 1 atom stereocenters. The number of hydrogen-bond acceptors (Lipinski definition) is 2. The largest absolute Gasteiger partial charge is 0.465 e. The van der Waals surface area contributed by atoms with E-state index in [0.717, 1.165) is 25.7 Å². The fraction of sp³-hybridized carbons (Fsp3) is 0.400. The number of hydrogen-bond donors (Lipinski definition) is 0. The van der Waals surface area contributed by atoms with Crippen LogP contribution < -0.4 is 0 Å². The van der Waals surface area contributed by atoms with Crippen molar-refractivity contribution in [2.75, 3.05) is 6.61 Å². The zero-order valence-corrected chi connectivity index (χ0v) is 9.97. The van der Waals surface area contributed by atoms with Crippen LogP contribution in [0.2, 0.25) is 0 Å². The zero-order valence-electron chi connectivity index (χ0n) is 9.97. The summed E-state index contributed by atoms with van der Waals surface area (Å²) in [6, 6.07) is 10.1. The molecule has 1 aromatic rings. The third kappa shape index (κ3) is 3.74. The number of benzene rings is 1. The Morgan fingerprint density at radius 1 is 1.24 bits per heavy atom. The van der Waals surface area contributed by atoms with Gasteiger partial charge in [-0.25, -0.2) is 0 Å². The summed E-state index contributed by atoms with van der Waals surface area (Å²) in [5.74, 6) is 0.0426. The summed E-state index contributed by atoms with van der Waals surface area (Å²) in [4.78, 5) is 11.7. The average molecular weight is 230 g/mol. The predicted octanol–water partition coefficient (Wildman–Crippen LogP) is 3.13. The maximum atomic E-state index is 11.7. The average Bonchev–Trinajstić information content (AvgIpc) is 2.41. The molecular formula is C15H18O2. The van der Waals surface area contributed by atoms with Crippen LogP contribution in [0.15, 0.2) is 42.5 Å². The second kappa shape index (κ2) is 6.24. The molecule has 0 N–H and O–H groups in total. The monoisotopic (exact) mass is 230 g/mol. The minimum absolute atomic E-state index is 0.0368. The van der Waals surface area contributed by atoms with E-state index in [1.807, 2.05) is 18.2 Å². The van der Waals surface area contributed by atoms with Gasteiger partial charge in [0.1, 0.15) is 0 Å². The van der Waals surface area contributed by atoms with E-state index >= 15 is 0 Å². The van der Waals surface area contributed by atoms with Gasteiger partial charge in [0.05, 0.1) is 12.5 Å². The first kappa shape index (κ1) is 11.9. The van der Waals surface area contributed by atoms with E-state index in [1.165, 1.54) is 5.56 Å². The first-order valence-electron chi connectivity index (χ1n) is 6.22. The van der Waals surface area contributed by atoms with Crippen molar-refractivity contribution in [1.82, 2.24) is 0 Å². The third-order valence-corrected chi connectivity index (χ3v) is 3.08. The summed E-state index contributed by atoms with van der Waals surface area (Å²) in [6.45, 7) is 0.489. The van der Waals surface area contributed by atoms with Crippen LogP contribution in [0.5, 0.6) is 0 Å².